The molecule has 2 aromatic carbocycles. The van der Waals surface area contributed by atoms with Gasteiger partial charge in [0.25, 0.3) is 0 Å². The van der Waals surface area contributed by atoms with Gasteiger partial charge in [0, 0.05) is 0 Å². The average Bonchev–Trinajstić information content (AvgIpc) is 2.35. The van der Waals surface area contributed by atoms with E-state index in [1.54, 1.807) is 0 Å². The molecule has 0 aromatic heterocycles. The fourth-order valence-electron chi connectivity index (χ4n) is 2.06. The number of benzene rings is 2. The maximum atomic E-state index is 4.21. The zero-order valence-electron chi connectivity index (χ0n) is 9.87. The van der Waals surface area contributed by atoms with E-state index in [4.69, 9.17) is 0 Å². The highest BCUT2D eigenvalue weighted by molar-refractivity contribution is 5.93. The molecule has 0 aliphatic rings. The van der Waals surface area contributed by atoms with Crippen LogP contribution in [0.2, 0.25) is 0 Å². The van der Waals surface area contributed by atoms with Gasteiger partial charge in [-0.3, -0.25) is 0 Å². The molecule has 16 heavy (non-hydrogen) atoms. The first kappa shape index (κ1) is 10.9. The Kier molecular flexibility index (Phi) is 3.40. The minimum atomic E-state index is 1.10. The van der Waals surface area contributed by atoms with E-state index >= 15 is 0 Å². The van der Waals surface area contributed by atoms with E-state index in [0.717, 1.165) is 6.42 Å². The van der Waals surface area contributed by atoms with Gasteiger partial charge in [0.2, 0.25) is 0 Å². The molecular weight excluding hydrogens is 192 g/mol. The molecule has 0 aliphatic heterocycles. The molecule has 0 radical (unpaired) electrons. The first-order valence-electron chi connectivity index (χ1n) is 5.99. The van der Waals surface area contributed by atoms with Crippen LogP contribution >= 0.6 is 0 Å². The first-order chi connectivity index (χ1) is 7.83. The molecule has 0 amide bonds. The van der Waals surface area contributed by atoms with Gasteiger partial charge < -0.3 is 0 Å². The molecule has 0 nitrogen and oxygen atoms in total. The zero-order valence-corrected chi connectivity index (χ0v) is 9.87. The van der Waals surface area contributed by atoms with Crippen LogP contribution in [-0.4, -0.2) is 0 Å². The lowest BCUT2D eigenvalue weighted by atomic mass is 9.96. The molecule has 0 heteroatoms. The molecule has 0 atom stereocenters. The van der Waals surface area contributed by atoms with Crippen molar-refractivity contribution in [1.29, 1.82) is 0 Å². The molecule has 0 unspecified atom stereocenters. The van der Waals surface area contributed by atoms with Crippen molar-refractivity contribution in [3.63, 3.8) is 0 Å². The highest BCUT2D eigenvalue weighted by Gasteiger charge is 2.03. The van der Waals surface area contributed by atoms with Crippen molar-refractivity contribution >= 4 is 16.3 Å². The summed E-state index contributed by atoms with van der Waals surface area (Å²) in [6.07, 6.45) is 3.55. The van der Waals surface area contributed by atoms with Gasteiger partial charge in [0.05, 0.1) is 0 Å². The second-order valence-electron chi connectivity index (χ2n) is 4.23. The largest absolute Gasteiger partial charge is 0.0952 e. The van der Waals surface area contributed by atoms with Gasteiger partial charge in [0.15, 0.2) is 0 Å². The maximum absolute atomic E-state index is 4.21. The molecular formula is C16H18. The molecule has 2 aromatic rings. The predicted octanol–water partition coefficient (Wildman–Crippen LogP) is 5.04. The zero-order chi connectivity index (χ0) is 11.4. The van der Waals surface area contributed by atoms with Crippen molar-refractivity contribution in [2.75, 3.05) is 0 Å². The third-order valence-corrected chi connectivity index (χ3v) is 3.00. The Bertz CT molecular complexity index is 489. The highest BCUT2D eigenvalue weighted by atomic mass is 14.1. The molecule has 82 valence electrons. The second-order valence-corrected chi connectivity index (χ2v) is 4.23. The van der Waals surface area contributed by atoms with E-state index in [0.29, 0.717) is 0 Å². The van der Waals surface area contributed by atoms with Crippen LogP contribution in [0.25, 0.3) is 16.3 Å². The van der Waals surface area contributed by atoms with Gasteiger partial charge in [-0.2, -0.15) is 0 Å². The van der Waals surface area contributed by atoms with Gasteiger partial charge >= 0.3 is 0 Å². The van der Waals surface area contributed by atoms with Crippen LogP contribution in [0.15, 0.2) is 49.0 Å². The van der Waals surface area contributed by atoms with E-state index < -0.39 is 0 Å². The number of hydrogen-bond acceptors (Lipinski definition) is 0. The lowest BCUT2D eigenvalue weighted by Gasteiger charge is -2.09. The monoisotopic (exact) mass is 210 g/mol. The number of fused-ring (bicyclic) bond motifs is 1. The van der Waals surface area contributed by atoms with Crippen LogP contribution in [0.4, 0.5) is 0 Å². The molecule has 0 saturated heterocycles. The lowest BCUT2D eigenvalue weighted by molar-refractivity contribution is 0.825. The van der Waals surface area contributed by atoms with Crippen molar-refractivity contribution in [3.05, 3.63) is 54.6 Å². The predicted molar refractivity (Wildman–Crippen MR) is 72.5 cm³/mol. The third kappa shape index (κ3) is 2.16. The van der Waals surface area contributed by atoms with Crippen LogP contribution in [0.3, 0.4) is 0 Å². The fourth-order valence-corrected chi connectivity index (χ4v) is 2.06. The Labute approximate surface area is 97.6 Å². The summed E-state index contributed by atoms with van der Waals surface area (Å²) >= 11 is 0. The number of rotatable bonds is 4. The van der Waals surface area contributed by atoms with Crippen molar-refractivity contribution in [2.45, 2.75) is 26.2 Å². The van der Waals surface area contributed by atoms with Crippen LogP contribution in [-0.2, 0) is 0 Å². The summed E-state index contributed by atoms with van der Waals surface area (Å²) in [5.74, 6) is 0. The standard InChI is InChI=1S/C16H18/c1-3-4-8-13(2)15-12-7-10-14-9-5-6-11-16(14)15/h5-7,9-12H,2-4,8H2,1H3. The Balaban J connectivity index is 2.40. The van der Waals surface area contributed by atoms with Crippen LogP contribution < -0.4 is 0 Å². The Morgan fingerprint density at radius 2 is 1.81 bits per heavy atom. The molecule has 0 saturated carbocycles. The minimum Gasteiger partial charge on any atom is -0.0952 e. The summed E-state index contributed by atoms with van der Waals surface area (Å²) < 4.78 is 0. The molecule has 0 bridgehead atoms. The van der Waals surface area contributed by atoms with Gasteiger partial charge in [-0.05, 0) is 34.8 Å². The Morgan fingerprint density at radius 1 is 1.06 bits per heavy atom. The Morgan fingerprint density at radius 3 is 2.62 bits per heavy atom. The van der Waals surface area contributed by atoms with Gasteiger partial charge in [0.1, 0.15) is 0 Å². The molecule has 0 spiro atoms. The van der Waals surface area contributed by atoms with Crippen molar-refractivity contribution in [3.8, 4) is 0 Å². The van der Waals surface area contributed by atoms with Crippen molar-refractivity contribution in [1.82, 2.24) is 0 Å². The summed E-state index contributed by atoms with van der Waals surface area (Å²) in [5, 5.41) is 2.63. The summed E-state index contributed by atoms with van der Waals surface area (Å²) in [6, 6.07) is 15.0. The fraction of sp³-hybridized carbons (Fsp3) is 0.250. The summed E-state index contributed by atoms with van der Waals surface area (Å²) in [7, 11) is 0. The molecule has 0 fully saturated rings. The Hall–Kier alpha value is -1.56. The van der Waals surface area contributed by atoms with Crippen LogP contribution in [0, 0.1) is 0 Å². The van der Waals surface area contributed by atoms with Gasteiger partial charge in [-0.25, -0.2) is 0 Å². The molecule has 0 aliphatic carbocycles. The molecule has 0 heterocycles. The number of hydrogen-bond donors (Lipinski definition) is 0. The van der Waals surface area contributed by atoms with Crippen LogP contribution in [0.5, 0.6) is 0 Å². The van der Waals surface area contributed by atoms with E-state index in [1.807, 2.05) is 0 Å². The summed E-state index contributed by atoms with van der Waals surface area (Å²) in [6.45, 7) is 6.43. The second kappa shape index (κ2) is 4.98. The third-order valence-electron chi connectivity index (χ3n) is 3.00. The van der Waals surface area contributed by atoms with E-state index in [9.17, 15) is 0 Å². The topological polar surface area (TPSA) is 0 Å². The minimum absolute atomic E-state index is 1.10. The van der Waals surface area contributed by atoms with Gasteiger partial charge in [-0.1, -0.05) is 62.4 Å². The normalized spacial score (nSPS) is 10.6. The lowest BCUT2D eigenvalue weighted by Crippen LogP contribution is -1.85. The first-order valence-corrected chi connectivity index (χ1v) is 5.99. The van der Waals surface area contributed by atoms with Crippen LogP contribution in [0.1, 0.15) is 31.7 Å². The summed E-state index contributed by atoms with van der Waals surface area (Å²) in [4.78, 5) is 0. The number of unbranched alkanes of at least 4 members (excludes halogenated alkanes) is 1. The van der Waals surface area contributed by atoms with Crippen molar-refractivity contribution < 1.29 is 0 Å². The highest BCUT2D eigenvalue weighted by Crippen LogP contribution is 2.26. The smallest absolute Gasteiger partial charge is 0.0109 e. The molecule has 2 rings (SSSR count). The quantitative estimate of drug-likeness (QED) is 0.663. The van der Waals surface area contributed by atoms with Crippen molar-refractivity contribution in [2.24, 2.45) is 0 Å². The van der Waals surface area contributed by atoms with E-state index in [2.05, 4.69) is 56.0 Å². The van der Waals surface area contributed by atoms with Gasteiger partial charge in [-0.15, -0.1) is 0 Å². The number of allylic oxidation sites excluding steroid dienone is 1. The van der Waals surface area contributed by atoms with E-state index in [-0.39, 0.29) is 0 Å². The summed E-state index contributed by atoms with van der Waals surface area (Å²) in [5.41, 5.74) is 2.57. The average molecular weight is 210 g/mol. The SMILES string of the molecule is C=C(CCCC)c1cccc2ccccc12. The molecule has 0 N–H and O–H groups in total. The van der Waals surface area contributed by atoms with E-state index in [1.165, 1.54) is 34.8 Å². The maximum Gasteiger partial charge on any atom is -0.0109 e.